The van der Waals surface area contributed by atoms with Gasteiger partial charge in [0.2, 0.25) is 0 Å². The van der Waals surface area contributed by atoms with Gasteiger partial charge in [0.25, 0.3) is 10.2 Å². The first-order valence-corrected chi connectivity index (χ1v) is 11.9. The van der Waals surface area contributed by atoms with Crippen LogP contribution in [0, 0.1) is 5.92 Å². The molecule has 0 amide bonds. The Morgan fingerprint density at radius 3 is 2.12 bits per heavy atom. The lowest BCUT2D eigenvalue weighted by Gasteiger charge is -2.36. The molecule has 3 atom stereocenters. The number of halogens is 3. The molecule has 1 saturated carbocycles. The average Bonchev–Trinajstić information content (AvgIpc) is 3.37. The Kier molecular flexibility index (Phi) is 5.92. The summed E-state index contributed by atoms with van der Waals surface area (Å²) in [6.07, 6.45) is -4.42. The Bertz CT molecular complexity index is 1120. The molecule has 0 aromatic heterocycles. The van der Waals surface area contributed by atoms with Crippen molar-refractivity contribution >= 4 is 21.9 Å². The number of hydrogen-bond acceptors (Lipinski definition) is 4. The first-order valence-electron chi connectivity index (χ1n) is 10.5. The van der Waals surface area contributed by atoms with E-state index in [0.29, 0.717) is 5.69 Å². The van der Waals surface area contributed by atoms with Crippen LogP contribution < -0.4 is 9.62 Å². The van der Waals surface area contributed by atoms with E-state index in [9.17, 15) is 31.5 Å². The second kappa shape index (κ2) is 8.30. The Balaban J connectivity index is 1.44. The Morgan fingerprint density at radius 1 is 1.03 bits per heavy atom. The summed E-state index contributed by atoms with van der Waals surface area (Å²) >= 11 is 0. The molecule has 1 unspecified atom stereocenters. The van der Waals surface area contributed by atoms with E-state index >= 15 is 0 Å². The van der Waals surface area contributed by atoms with Gasteiger partial charge in [0.05, 0.1) is 5.56 Å². The van der Waals surface area contributed by atoms with Gasteiger partial charge in [-0.2, -0.15) is 30.6 Å². The lowest BCUT2D eigenvalue weighted by atomic mass is 10.1. The average molecular weight is 484 g/mol. The highest BCUT2D eigenvalue weighted by molar-refractivity contribution is 7.87. The zero-order valence-corrected chi connectivity index (χ0v) is 18.6. The number of carbonyl (C=O) groups is 1. The van der Waals surface area contributed by atoms with Gasteiger partial charge in [0.1, 0.15) is 5.54 Å². The fourth-order valence-corrected chi connectivity index (χ4v) is 6.23. The fourth-order valence-electron chi connectivity index (χ4n) is 4.63. The summed E-state index contributed by atoms with van der Waals surface area (Å²) in [6, 6.07) is 13.6. The van der Waals surface area contributed by atoms with Gasteiger partial charge in [-0.25, -0.2) is 0 Å². The SMILES string of the molecule is CC1[C@@H](c2ccccc2)[C@]1(NS(=O)(=O)N1CCN(c2ccc(C(F)(F)F)cc2)CC1)C(=O)O. The molecule has 2 aromatic rings. The lowest BCUT2D eigenvalue weighted by Crippen LogP contribution is -2.56. The van der Waals surface area contributed by atoms with E-state index in [4.69, 9.17) is 0 Å². The van der Waals surface area contributed by atoms with Gasteiger partial charge in [-0.05, 0) is 35.7 Å². The number of rotatable bonds is 6. The summed E-state index contributed by atoms with van der Waals surface area (Å²) in [6.45, 7) is 2.40. The standard InChI is InChI=1S/C22H24F3N3O4S/c1-15-19(16-5-3-2-4-6-16)21(15,20(29)30)26-33(31,32)28-13-11-27(12-14-28)18-9-7-17(8-10-18)22(23,24)25/h2-10,15,19,26H,11-14H2,1H3,(H,29,30)/t15?,19-,21-/m0/s1. The molecule has 33 heavy (non-hydrogen) atoms. The van der Waals surface area contributed by atoms with Gasteiger partial charge < -0.3 is 10.0 Å². The molecule has 1 saturated heterocycles. The Morgan fingerprint density at radius 2 is 1.61 bits per heavy atom. The molecule has 2 aromatic carbocycles. The van der Waals surface area contributed by atoms with E-state index in [1.807, 2.05) is 0 Å². The van der Waals surface area contributed by atoms with Crippen molar-refractivity contribution in [3.05, 3.63) is 65.7 Å². The van der Waals surface area contributed by atoms with Crippen molar-refractivity contribution in [3.63, 3.8) is 0 Å². The molecule has 2 aliphatic rings. The van der Waals surface area contributed by atoms with Crippen molar-refractivity contribution in [2.45, 2.75) is 24.6 Å². The highest BCUT2D eigenvalue weighted by Crippen LogP contribution is 2.57. The third kappa shape index (κ3) is 4.32. The minimum Gasteiger partial charge on any atom is -0.480 e. The molecule has 2 fully saturated rings. The topological polar surface area (TPSA) is 90.0 Å². The number of alkyl halides is 3. The summed E-state index contributed by atoms with van der Waals surface area (Å²) in [4.78, 5) is 13.9. The molecule has 1 aliphatic heterocycles. The highest BCUT2D eigenvalue weighted by atomic mass is 32.2. The molecule has 11 heteroatoms. The number of carboxylic acid groups (broad SMARTS) is 1. The van der Waals surface area contributed by atoms with Crippen LogP contribution >= 0.6 is 0 Å². The van der Waals surface area contributed by atoms with Crippen molar-refractivity contribution in [2.24, 2.45) is 5.92 Å². The van der Waals surface area contributed by atoms with Gasteiger partial charge in [0.15, 0.2) is 0 Å². The van der Waals surface area contributed by atoms with E-state index in [-0.39, 0.29) is 26.2 Å². The summed E-state index contributed by atoms with van der Waals surface area (Å²) < 4.78 is 68.1. The van der Waals surface area contributed by atoms with Crippen LogP contribution in [0.1, 0.15) is 24.0 Å². The van der Waals surface area contributed by atoms with Gasteiger partial charge in [-0.3, -0.25) is 4.79 Å². The van der Waals surface area contributed by atoms with Crippen LogP contribution in [0.3, 0.4) is 0 Å². The maximum atomic E-state index is 13.1. The monoisotopic (exact) mass is 483 g/mol. The summed E-state index contributed by atoms with van der Waals surface area (Å²) in [7, 11) is -4.10. The molecule has 0 radical (unpaired) electrons. The summed E-state index contributed by atoms with van der Waals surface area (Å²) in [5.41, 5.74) is -1.05. The first-order chi connectivity index (χ1) is 15.5. The number of piperazine rings is 1. The van der Waals surface area contributed by atoms with Crippen molar-refractivity contribution < 1.29 is 31.5 Å². The Hall–Kier alpha value is -2.63. The zero-order valence-electron chi connectivity index (χ0n) is 17.8. The van der Waals surface area contributed by atoms with E-state index in [1.54, 1.807) is 42.2 Å². The van der Waals surface area contributed by atoms with Gasteiger partial charge >= 0.3 is 12.1 Å². The van der Waals surface area contributed by atoms with Crippen LogP contribution in [0.4, 0.5) is 18.9 Å². The number of hydrogen-bond donors (Lipinski definition) is 2. The van der Waals surface area contributed by atoms with Crippen molar-refractivity contribution in [1.29, 1.82) is 0 Å². The van der Waals surface area contributed by atoms with Crippen molar-refractivity contribution in [1.82, 2.24) is 9.03 Å². The predicted molar refractivity (Wildman–Crippen MR) is 116 cm³/mol. The lowest BCUT2D eigenvalue weighted by molar-refractivity contribution is -0.140. The molecule has 2 N–H and O–H groups in total. The highest BCUT2D eigenvalue weighted by Gasteiger charge is 2.70. The van der Waals surface area contributed by atoms with Gasteiger partial charge in [-0.1, -0.05) is 37.3 Å². The van der Waals surface area contributed by atoms with Crippen LogP contribution in [0.5, 0.6) is 0 Å². The van der Waals surface area contributed by atoms with E-state index in [0.717, 1.165) is 17.7 Å². The number of aliphatic carboxylic acids is 1. The third-order valence-electron chi connectivity index (χ3n) is 6.55. The second-order valence-electron chi connectivity index (χ2n) is 8.39. The third-order valence-corrected chi connectivity index (χ3v) is 8.19. The van der Waals surface area contributed by atoms with Crippen LogP contribution in [-0.4, -0.2) is 55.5 Å². The molecule has 1 heterocycles. The fraction of sp³-hybridized carbons (Fsp3) is 0.409. The minimum atomic E-state index is -4.42. The smallest absolute Gasteiger partial charge is 0.416 e. The summed E-state index contributed by atoms with van der Waals surface area (Å²) in [5, 5.41) is 9.90. The largest absolute Gasteiger partial charge is 0.480 e. The normalized spacial score (nSPS) is 26.2. The molecule has 4 rings (SSSR count). The van der Waals surface area contributed by atoms with E-state index < -0.39 is 45.3 Å². The zero-order chi connectivity index (χ0) is 24.0. The minimum absolute atomic E-state index is 0.0798. The molecular weight excluding hydrogens is 459 g/mol. The summed E-state index contributed by atoms with van der Waals surface area (Å²) in [5.74, 6) is -2.14. The van der Waals surface area contributed by atoms with Crippen molar-refractivity contribution in [3.8, 4) is 0 Å². The van der Waals surface area contributed by atoms with E-state index in [1.165, 1.54) is 16.4 Å². The molecule has 178 valence electrons. The first kappa shape index (κ1) is 23.5. The molecular formula is C22H24F3N3O4S. The number of benzene rings is 2. The number of carboxylic acids is 1. The quantitative estimate of drug-likeness (QED) is 0.660. The molecule has 7 nitrogen and oxygen atoms in total. The number of anilines is 1. The maximum Gasteiger partial charge on any atom is 0.416 e. The second-order valence-corrected chi connectivity index (χ2v) is 10.1. The van der Waals surface area contributed by atoms with Crippen LogP contribution in [0.2, 0.25) is 0 Å². The molecule has 1 aliphatic carbocycles. The van der Waals surface area contributed by atoms with Crippen LogP contribution in [0.15, 0.2) is 54.6 Å². The predicted octanol–water partition coefficient (Wildman–Crippen LogP) is 2.92. The Labute approximate surface area is 190 Å². The molecule has 0 spiro atoms. The van der Waals surface area contributed by atoms with Gasteiger partial charge in [-0.15, -0.1) is 0 Å². The van der Waals surface area contributed by atoms with Crippen LogP contribution in [-0.2, 0) is 21.2 Å². The molecule has 0 bridgehead atoms. The van der Waals surface area contributed by atoms with Crippen LogP contribution in [0.25, 0.3) is 0 Å². The van der Waals surface area contributed by atoms with E-state index in [2.05, 4.69) is 4.72 Å². The van der Waals surface area contributed by atoms with Crippen molar-refractivity contribution in [2.75, 3.05) is 31.1 Å². The van der Waals surface area contributed by atoms with Gasteiger partial charge in [0, 0.05) is 37.8 Å². The number of nitrogens with one attached hydrogen (secondary N) is 1. The maximum absolute atomic E-state index is 13.1. The number of nitrogens with zero attached hydrogens (tertiary/aromatic N) is 2.